The predicted octanol–water partition coefficient (Wildman–Crippen LogP) is 2.34. The second-order valence-corrected chi connectivity index (χ2v) is 3.92. The highest BCUT2D eigenvalue weighted by molar-refractivity contribution is 6.20. The number of aryl methyl sites for hydroxylation is 1. The van der Waals surface area contributed by atoms with Crippen LogP contribution in [0.2, 0.25) is 0 Å². The zero-order valence-corrected chi connectivity index (χ0v) is 8.66. The zero-order valence-electron chi connectivity index (χ0n) is 7.90. The fraction of sp³-hybridized carbons (Fsp3) is 0.400. The third-order valence-corrected chi connectivity index (χ3v) is 2.09. The molecule has 1 N–H and O–H groups in total. The number of carboxylic acid groups (broad SMARTS) is 1. The minimum atomic E-state index is -0.998. The predicted molar refractivity (Wildman–Crippen MR) is 54.8 cm³/mol. The van der Waals surface area contributed by atoms with Crippen LogP contribution in [-0.4, -0.2) is 21.4 Å². The van der Waals surface area contributed by atoms with Crippen LogP contribution in [0.1, 0.15) is 29.4 Å². The van der Waals surface area contributed by atoms with Crippen molar-refractivity contribution in [2.24, 2.45) is 0 Å². The van der Waals surface area contributed by atoms with E-state index in [0.717, 1.165) is 18.4 Å². The molecule has 14 heavy (non-hydrogen) atoms. The van der Waals surface area contributed by atoms with Gasteiger partial charge < -0.3 is 5.11 Å². The lowest BCUT2D eigenvalue weighted by atomic mass is 10.1. The Bertz CT molecular complexity index is 308. The van der Waals surface area contributed by atoms with E-state index in [9.17, 15) is 4.79 Å². The van der Waals surface area contributed by atoms with E-state index in [-0.39, 0.29) is 11.1 Å². The number of aromatic nitrogens is 1. The van der Waals surface area contributed by atoms with Crippen molar-refractivity contribution in [1.29, 1.82) is 0 Å². The monoisotopic (exact) mass is 213 g/mol. The van der Waals surface area contributed by atoms with Gasteiger partial charge in [0.15, 0.2) is 0 Å². The molecule has 76 valence electrons. The van der Waals surface area contributed by atoms with Gasteiger partial charge in [-0.05, 0) is 31.4 Å². The summed E-state index contributed by atoms with van der Waals surface area (Å²) in [7, 11) is 0. The lowest BCUT2D eigenvalue weighted by molar-refractivity contribution is 0.0690. The summed E-state index contributed by atoms with van der Waals surface area (Å²) < 4.78 is 0. The molecule has 0 aromatic carbocycles. The molecule has 1 heterocycles. The number of hydrogen-bond acceptors (Lipinski definition) is 2. The fourth-order valence-corrected chi connectivity index (χ4v) is 1.17. The van der Waals surface area contributed by atoms with Gasteiger partial charge in [0.1, 0.15) is 5.69 Å². The highest BCUT2D eigenvalue weighted by atomic mass is 35.5. The first-order valence-corrected chi connectivity index (χ1v) is 4.85. The van der Waals surface area contributed by atoms with E-state index in [0.29, 0.717) is 0 Å². The number of carboxylic acids is 1. The van der Waals surface area contributed by atoms with Gasteiger partial charge in [0.2, 0.25) is 0 Å². The van der Waals surface area contributed by atoms with Gasteiger partial charge in [-0.15, -0.1) is 11.6 Å². The number of halogens is 1. The van der Waals surface area contributed by atoms with Gasteiger partial charge in [-0.25, -0.2) is 9.78 Å². The molecule has 0 radical (unpaired) electrons. The Kier molecular flexibility index (Phi) is 3.89. The van der Waals surface area contributed by atoms with Gasteiger partial charge in [0.05, 0.1) is 0 Å². The van der Waals surface area contributed by atoms with Gasteiger partial charge in [0.25, 0.3) is 0 Å². The molecule has 1 rings (SSSR count). The first-order chi connectivity index (χ1) is 6.59. The summed E-state index contributed by atoms with van der Waals surface area (Å²) in [4.78, 5) is 14.3. The lowest BCUT2D eigenvalue weighted by Gasteiger charge is -2.02. The van der Waals surface area contributed by atoms with Crippen LogP contribution in [0.5, 0.6) is 0 Å². The minimum absolute atomic E-state index is 0.0765. The summed E-state index contributed by atoms with van der Waals surface area (Å²) in [6.07, 6.45) is 3.29. The molecule has 0 aliphatic carbocycles. The first kappa shape index (κ1) is 11.0. The number of nitrogens with zero attached hydrogens (tertiary/aromatic N) is 1. The van der Waals surface area contributed by atoms with Gasteiger partial charge in [-0.1, -0.05) is 6.07 Å². The normalized spacial score (nSPS) is 12.4. The Balaban J connectivity index is 2.60. The van der Waals surface area contributed by atoms with Crippen molar-refractivity contribution in [3.05, 3.63) is 29.6 Å². The first-order valence-electron chi connectivity index (χ1n) is 4.42. The fourth-order valence-electron chi connectivity index (χ4n) is 1.06. The van der Waals surface area contributed by atoms with Crippen molar-refractivity contribution in [3.63, 3.8) is 0 Å². The molecule has 0 bridgehead atoms. The summed E-state index contributed by atoms with van der Waals surface area (Å²) >= 11 is 5.79. The smallest absolute Gasteiger partial charge is 0.354 e. The molecule has 1 atom stereocenters. The zero-order chi connectivity index (χ0) is 10.6. The van der Waals surface area contributed by atoms with Crippen LogP contribution in [0.4, 0.5) is 0 Å². The van der Waals surface area contributed by atoms with Crippen molar-refractivity contribution in [2.45, 2.75) is 25.1 Å². The Hall–Kier alpha value is -1.09. The lowest BCUT2D eigenvalue weighted by Crippen LogP contribution is -2.01. The molecule has 0 spiro atoms. The maximum atomic E-state index is 10.5. The summed E-state index contributed by atoms with van der Waals surface area (Å²) in [5, 5.41) is 8.74. The standard InChI is InChI=1S/C10H12ClNO2/c1-7(11)2-3-8-4-5-9(10(13)14)12-6-8/h4-7H,2-3H2,1H3,(H,13,14)/t7-/m0/s1. The molecule has 0 aliphatic rings. The van der Waals surface area contributed by atoms with Crippen LogP contribution < -0.4 is 0 Å². The van der Waals surface area contributed by atoms with E-state index in [1.807, 2.05) is 6.92 Å². The number of alkyl halides is 1. The van der Waals surface area contributed by atoms with E-state index >= 15 is 0 Å². The van der Waals surface area contributed by atoms with Crippen LogP contribution in [-0.2, 0) is 6.42 Å². The molecule has 0 amide bonds. The van der Waals surface area contributed by atoms with Gasteiger partial charge >= 0.3 is 5.97 Å². The van der Waals surface area contributed by atoms with E-state index < -0.39 is 5.97 Å². The van der Waals surface area contributed by atoms with Crippen LogP contribution in [0.15, 0.2) is 18.3 Å². The molecular weight excluding hydrogens is 202 g/mol. The van der Waals surface area contributed by atoms with Crippen molar-refractivity contribution in [3.8, 4) is 0 Å². The average molecular weight is 214 g/mol. The number of rotatable bonds is 4. The highest BCUT2D eigenvalue weighted by Gasteiger charge is 2.04. The van der Waals surface area contributed by atoms with E-state index in [1.54, 1.807) is 12.3 Å². The molecule has 4 heteroatoms. The quantitative estimate of drug-likeness (QED) is 0.782. The maximum absolute atomic E-state index is 10.5. The Morgan fingerprint density at radius 3 is 2.79 bits per heavy atom. The minimum Gasteiger partial charge on any atom is -0.477 e. The Labute approximate surface area is 87.7 Å². The SMILES string of the molecule is C[C@H](Cl)CCc1ccc(C(=O)O)nc1. The van der Waals surface area contributed by atoms with Crippen molar-refractivity contribution in [1.82, 2.24) is 4.98 Å². The number of aromatic carboxylic acids is 1. The summed E-state index contributed by atoms with van der Waals surface area (Å²) in [6.45, 7) is 1.93. The van der Waals surface area contributed by atoms with E-state index in [4.69, 9.17) is 16.7 Å². The average Bonchev–Trinajstić information content (AvgIpc) is 2.15. The van der Waals surface area contributed by atoms with Gasteiger partial charge in [-0.3, -0.25) is 0 Å². The molecule has 0 saturated heterocycles. The Morgan fingerprint density at radius 1 is 1.64 bits per heavy atom. The van der Waals surface area contributed by atoms with Crippen molar-refractivity contribution in [2.75, 3.05) is 0 Å². The molecule has 0 unspecified atom stereocenters. The Morgan fingerprint density at radius 2 is 2.36 bits per heavy atom. The molecule has 0 aliphatic heterocycles. The summed E-state index contributed by atoms with van der Waals surface area (Å²) in [6, 6.07) is 3.28. The van der Waals surface area contributed by atoms with Crippen LogP contribution in [0, 0.1) is 0 Å². The molecule has 1 aromatic rings. The van der Waals surface area contributed by atoms with Gasteiger partial charge in [0, 0.05) is 11.6 Å². The largest absolute Gasteiger partial charge is 0.477 e. The highest BCUT2D eigenvalue weighted by Crippen LogP contribution is 2.08. The van der Waals surface area contributed by atoms with Gasteiger partial charge in [-0.2, -0.15) is 0 Å². The second-order valence-electron chi connectivity index (χ2n) is 3.18. The molecule has 3 nitrogen and oxygen atoms in total. The number of hydrogen-bond donors (Lipinski definition) is 1. The summed E-state index contributed by atoms with van der Waals surface area (Å²) in [5.41, 5.74) is 1.09. The number of carbonyl (C=O) groups is 1. The third kappa shape index (κ3) is 3.34. The third-order valence-electron chi connectivity index (χ3n) is 1.87. The van der Waals surface area contributed by atoms with Crippen molar-refractivity contribution >= 4 is 17.6 Å². The molecule has 0 fully saturated rings. The maximum Gasteiger partial charge on any atom is 0.354 e. The van der Waals surface area contributed by atoms with Crippen LogP contribution in [0.3, 0.4) is 0 Å². The molecule has 0 saturated carbocycles. The molecular formula is C10H12ClNO2. The van der Waals surface area contributed by atoms with Crippen molar-refractivity contribution < 1.29 is 9.90 Å². The second kappa shape index (κ2) is 4.96. The summed E-state index contributed by atoms with van der Waals surface area (Å²) in [5.74, 6) is -0.998. The van der Waals surface area contributed by atoms with Crippen LogP contribution >= 0.6 is 11.6 Å². The molecule has 1 aromatic heterocycles. The van der Waals surface area contributed by atoms with Crippen LogP contribution in [0.25, 0.3) is 0 Å². The van der Waals surface area contributed by atoms with E-state index in [2.05, 4.69) is 4.98 Å². The topological polar surface area (TPSA) is 50.2 Å². The number of pyridine rings is 1. The van der Waals surface area contributed by atoms with E-state index in [1.165, 1.54) is 6.07 Å².